The van der Waals surface area contributed by atoms with Crippen LogP contribution in [0.1, 0.15) is 23.5 Å². The second-order valence-corrected chi connectivity index (χ2v) is 4.12. The third kappa shape index (κ3) is 1.58. The number of imidazole rings is 1. The molecule has 0 aliphatic rings. The summed E-state index contributed by atoms with van der Waals surface area (Å²) in [7, 11) is 0. The quantitative estimate of drug-likeness (QED) is 0.838. The van der Waals surface area contributed by atoms with Gasteiger partial charge in [0.25, 0.3) is 0 Å². The van der Waals surface area contributed by atoms with Crippen molar-refractivity contribution in [3.8, 4) is 0 Å². The fourth-order valence-electron chi connectivity index (χ4n) is 1.47. The summed E-state index contributed by atoms with van der Waals surface area (Å²) in [6.07, 6.45) is 3.46. The van der Waals surface area contributed by atoms with Crippen LogP contribution in [0.25, 0.3) is 0 Å². The van der Waals surface area contributed by atoms with E-state index in [1.54, 1.807) is 23.9 Å². The monoisotopic (exact) mass is 208 g/mol. The van der Waals surface area contributed by atoms with Gasteiger partial charge in [0.05, 0.1) is 30.9 Å². The van der Waals surface area contributed by atoms with E-state index in [1.165, 1.54) is 4.88 Å². The van der Waals surface area contributed by atoms with Crippen molar-refractivity contribution in [3.05, 3.63) is 40.6 Å². The molecule has 0 saturated carbocycles. The predicted octanol–water partition coefficient (Wildman–Crippen LogP) is 2.05. The van der Waals surface area contributed by atoms with E-state index < -0.39 is 0 Å². The molecule has 2 aromatic rings. The fourth-order valence-corrected chi connectivity index (χ4v) is 2.25. The number of rotatable bonds is 3. The first-order chi connectivity index (χ1) is 6.83. The summed E-state index contributed by atoms with van der Waals surface area (Å²) in [6, 6.07) is 4.38. The van der Waals surface area contributed by atoms with Gasteiger partial charge in [-0.25, -0.2) is 4.98 Å². The van der Waals surface area contributed by atoms with Crippen LogP contribution in [-0.4, -0.2) is 14.7 Å². The number of nitrogens with zero attached hydrogens (tertiary/aromatic N) is 2. The second-order valence-electron chi connectivity index (χ2n) is 3.14. The molecule has 1 atom stereocenters. The molecule has 2 aromatic heterocycles. The van der Waals surface area contributed by atoms with E-state index in [-0.39, 0.29) is 12.6 Å². The molecule has 74 valence electrons. The molecule has 3 nitrogen and oxygen atoms in total. The summed E-state index contributed by atoms with van der Waals surface area (Å²) in [5.74, 6) is 0. The van der Waals surface area contributed by atoms with E-state index in [9.17, 15) is 0 Å². The summed E-state index contributed by atoms with van der Waals surface area (Å²) in [6.45, 7) is 2.14. The number of hydrogen-bond donors (Lipinski definition) is 1. The zero-order valence-electron chi connectivity index (χ0n) is 7.92. The summed E-state index contributed by atoms with van der Waals surface area (Å²) in [4.78, 5) is 5.31. The first kappa shape index (κ1) is 9.43. The van der Waals surface area contributed by atoms with E-state index in [1.807, 2.05) is 10.6 Å². The Morgan fingerprint density at radius 3 is 3.14 bits per heavy atom. The molecule has 0 spiro atoms. The Hall–Kier alpha value is -1.13. The topological polar surface area (TPSA) is 38.0 Å². The average molecular weight is 208 g/mol. The number of aliphatic hydroxyl groups is 1. The Bertz CT molecular complexity index is 394. The maximum absolute atomic E-state index is 9.10. The van der Waals surface area contributed by atoms with Crippen molar-refractivity contribution in [1.29, 1.82) is 0 Å². The highest BCUT2D eigenvalue weighted by molar-refractivity contribution is 7.10. The molecule has 4 heteroatoms. The van der Waals surface area contributed by atoms with Gasteiger partial charge >= 0.3 is 0 Å². The standard InChI is InChI=1S/C10H12N2OS/c1-8(10-3-2-4-14-10)12-7-11-5-9(12)6-13/h2-5,7-8,13H,6H2,1H3. The van der Waals surface area contributed by atoms with E-state index in [0.29, 0.717) is 0 Å². The molecule has 0 radical (unpaired) electrons. The van der Waals surface area contributed by atoms with Crippen molar-refractivity contribution in [2.75, 3.05) is 0 Å². The van der Waals surface area contributed by atoms with Gasteiger partial charge in [-0.1, -0.05) is 6.07 Å². The van der Waals surface area contributed by atoms with E-state index >= 15 is 0 Å². The van der Waals surface area contributed by atoms with Crippen LogP contribution >= 0.6 is 11.3 Å². The first-order valence-electron chi connectivity index (χ1n) is 4.48. The highest BCUT2D eigenvalue weighted by atomic mass is 32.1. The Balaban J connectivity index is 2.31. The van der Waals surface area contributed by atoms with Gasteiger partial charge in [0.2, 0.25) is 0 Å². The Morgan fingerprint density at radius 2 is 2.50 bits per heavy atom. The second kappa shape index (κ2) is 3.94. The highest BCUT2D eigenvalue weighted by Gasteiger charge is 2.11. The molecule has 1 N–H and O–H groups in total. The molecule has 2 heterocycles. The molecule has 0 aliphatic heterocycles. The van der Waals surface area contributed by atoms with Gasteiger partial charge in [-0.15, -0.1) is 11.3 Å². The highest BCUT2D eigenvalue weighted by Crippen LogP contribution is 2.23. The first-order valence-corrected chi connectivity index (χ1v) is 5.36. The van der Waals surface area contributed by atoms with Crippen LogP contribution < -0.4 is 0 Å². The lowest BCUT2D eigenvalue weighted by Crippen LogP contribution is -2.07. The average Bonchev–Trinajstić information content (AvgIpc) is 2.87. The van der Waals surface area contributed by atoms with Gasteiger partial charge in [0.15, 0.2) is 0 Å². The smallest absolute Gasteiger partial charge is 0.0954 e. The van der Waals surface area contributed by atoms with Crippen LogP contribution in [0.15, 0.2) is 30.0 Å². The number of hydrogen-bond acceptors (Lipinski definition) is 3. The van der Waals surface area contributed by atoms with E-state index in [2.05, 4.69) is 23.4 Å². The van der Waals surface area contributed by atoms with Crippen molar-refractivity contribution < 1.29 is 5.11 Å². The predicted molar refractivity (Wildman–Crippen MR) is 56.3 cm³/mol. The van der Waals surface area contributed by atoms with Crippen LogP contribution in [0.3, 0.4) is 0 Å². The van der Waals surface area contributed by atoms with Gasteiger partial charge in [0, 0.05) is 4.88 Å². The molecular weight excluding hydrogens is 196 g/mol. The molecular formula is C10H12N2OS. The zero-order valence-corrected chi connectivity index (χ0v) is 8.74. The summed E-state index contributed by atoms with van der Waals surface area (Å²) in [5, 5.41) is 11.2. The van der Waals surface area contributed by atoms with Gasteiger partial charge in [-0.3, -0.25) is 0 Å². The van der Waals surface area contributed by atoms with Gasteiger partial charge in [0.1, 0.15) is 0 Å². The van der Waals surface area contributed by atoms with Crippen LogP contribution in [0.5, 0.6) is 0 Å². The minimum Gasteiger partial charge on any atom is -0.390 e. The van der Waals surface area contributed by atoms with Gasteiger partial charge < -0.3 is 9.67 Å². The number of aliphatic hydroxyl groups excluding tert-OH is 1. The molecule has 0 bridgehead atoms. The van der Waals surface area contributed by atoms with Crippen molar-refractivity contribution >= 4 is 11.3 Å². The molecule has 0 aliphatic carbocycles. The summed E-state index contributed by atoms with van der Waals surface area (Å²) in [5.41, 5.74) is 0.853. The zero-order chi connectivity index (χ0) is 9.97. The van der Waals surface area contributed by atoms with Gasteiger partial charge in [-0.05, 0) is 18.4 Å². The third-order valence-corrected chi connectivity index (χ3v) is 3.32. The fraction of sp³-hybridized carbons (Fsp3) is 0.300. The minimum atomic E-state index is 0.0374. The van der Waals surface area contributed by atoms with Crippen molar-refractivity contribution in [2.24, 2.45) is 0 Å². The lowest BCUT2D eigenvalue weighted by molar-refractivity contribution is 0.269. The lowest BCUT2D eigenvalue weighted by Gasteiger charge is -2.13. The van der Waals surface area contributed by atoms with Crippen molar-refractivity contribution in [1.82, 2.24) is 9.55 Å². The van der Waals surface area contributed by atoms with Crippen LogP contribution in [0, 0.1) is 0 Å². The molecule has 0 fully saturated rings. The van der Waals surface area contributed by atoms with E-state index in [4.69, 9.17) is 5.11 Å². The third-order valence-electron chi connectivity index (χ3n) is 2.28. The number of thiophene rings is 1. The molecule has 0 amide bonds. The minimum absolute atomic E-state index is 0.0374. The molecule has 1 unspecified atom stereocenters. The van der Waals surface area contributed by atoms with Gasteiger partial charge in [-0.2, -0.15) is 0 Å². The number of aromatic nitrogens is 2. The SMILES string of the molecule is CC(c1cccs1)n1cncc1CO. The normalized spacial score (nSPS) is 13.0. The molecule has 2 rings (SSSR count). The van der Waals surface area contributed by atoms with Crippen LogP contribution in [0.4, 0.5) is 0 Å². The van der Waals surface area contributed by atoms with Crippen LogP contribution in [0.2, 0.25) is 0 Å². The molecule has 14 heavy (non-hydrogen) atoms. The summed E-state index contributed by atoms with van der Waals surface area (Å²) < 4.78 is 1.99. The van der Waals surface area contributed by atoms with Crippen LogP contribution in [-0.2, 0) is 6.61 Å². The Morgan fingerprint density at radius 1 is 1.64 bits per heavy atom. The Kier molecular flexibility index (Phi) is 2.65. The lowest BCUT2D eigenvalue weighted by atomic mass is 10.2. The Labute approximate surface area is 86.7 Å². The summed E-state index contributed by atoms with van der Waals surface area (Å²) >= 11 is 1.72. The van der Waals surface area contributed by atoms with E-state index in [0.717, 1.165) is 5.69 Å². The maximum atomic E-state index is 9.10. The largest absolute Gasteiger partial charge is 0.390 e. The van der Waals surface area contributed by atoms with Crippen molar-refractivity contribution in [3.63, 3.8) is 0 Å². The molecule has 0 aromatic carbocycles. The maximum Gasteiger partial charge on any atom is 0.0954 e. The van der Waals surface area contributed by atoms with Crippen molar-refractivity contribution in [2.45, 2.75) is 19.6 Å². The molecule has 0 saturated heterocycles.